The molecule has 3 aromatic rings. The van der Waals surface area contributed by atoms with E-state index in [-0.39, 0.29) is 0 Å². The number of nitrogens with zero attached hydrogens (tertiary/aromatic N) is 2. The van der Waals surface area contributed by atoms with Crippen LogP contribution in [0, 0.1) is 0 Å². The molecule has 0 saturated heterocycles. The van der Waals surface area contributed by atoms with Crippen LogP contribution in [0.5, 0.6) is 0 Å². The van der Waals surface area contributed by atoms with Crippen molar-refractivity contribution in [2.24, 2.45) is 5.73 Å². The first-order valence-electron chi connectivity index (χ1n) is 5.21. The van der Waals surface area contributed by atoms with Gasteiger partial charge in [0.05, 0.1) is 11.7 Å². The summed E-state index contributed by atoms with van der Waals surface area (Å²) in [6.07, 6.45) is 1.78. The Hall–Kier alpha value is -1.78. The van der Waals surface area contributed by atoms with Crippen molar-refractivity contribution in [1.29, 1.82) is 0 Å². The SMILES string of the molecule is NCc1cccc2cnc(-c3ccc(Cl)o3)n12. The molecule has 0 aliphatic carbocycles. The number of aromatic nitrogens is 2. The number of furan rings is 1. The van der Waals surface area contributed by atoms with Gasteiger partial charge in [0, 0.05) is 12.2 Å². The predicted octanol–water partition coefficient (Wildman–Crippen LogP) is 2.71. The summed E-state index contributed by atoms with van der Waals surface area (Å²) in [7, 11) is 0. The fourth-order valence-corrected chi connectivity index (χ4v) is 2.03. The van der Waals surface area contributed by atoms with E-state index >= 15 is 0 Å². The molecule has 0 saturated carbocycles. The molecule has 0 aromatic carbocycles. The number of hydrogen-bond acceptors (Lipinski definition) is 3. The fraction of sp³-hybridized carbons (Fsp3) is 0.0833. The Morgan fingerprint density at radius 3 is 2.88 bits per heavy atom. The average Bonchev–Trinajstić information content (AvgIpc) is 2.94. The van der Waals surface area contributed by atoms with Crippen LogP contribution < -0.4 is 5.73 Å². The molecule has 0 aliphatic heterocycles. The molecule has 0 bridgehead atoms. The number of halogens is 1. The van der Waals surface area contributed by atoms with E-state index in [1.54, 1.807) is 18.3 Å². The number of nitrogens with two attached hydrogens (primary N) is 1. The van der Waals surface area contributed by atoms with Gasteiger partial charge in [-0.25, -0.2) is 4.98 Å². The molecule has 3 heterocycles. The van der Waals surface area contributed by atoms with Crippen LogP contribution in [-0.4, -0.2) is 9.38 Å². The van der Waals surface area contributed by atoms with E-state index in [1.807, 2.05) is 22.6 Å². The second kappa shape index (κ2) is 3.91. The molecule has 0 amide bonds. The largest absolute Gasteiger partial charge is 0.441 e. The minimum absolute atomic E-state index is 0.349. The number of hydrogen-bond donors (Lipinski definition) is 1. The second-order valence-corrected chi connectivity index (χ2v) is 4.04. The number of pyridine rings is 1. The lowest BCUT2D eigenvalue weighted by Crippen LogP contribution is -2.04. The van der Waals surface area contributed by atoms with Crippen molar-refractivity contribution in [1.82, 2.24) is 9.38 Å². The molecule has 17 heavy (non-hydrogen) atoms. The molecule has 4 nitrogen and oxygen atoms in total. The van der Waals surface area contributed by atoms with Crippen molar-refractivity contribution < 1.29 is 4.42 Å². The number of rotatable bonds is 2. The van der Waals surface area contributed by atoms with Gasteiger partial charge in [0.2, 0.25) is 0 Å². The van der Waals surface area contributed by atoms with Crippen molar-refractivity contribution in [2.75, 3.05) is 0 Å². The van der Waals surface area contributed by atoms with E-state index in [0.29, 0.717) is 23.3 Å². The molecule has 3 rings (SSSR count). The van der Waals surface area contributed by atoms with Crippen LogP contribution in [0.3, 0.4) is 0 Å². The highest BCUT2D eigenvalue weighted by Crippen LogP contribution is 2.25. The minimum Gasteiger partial charge on any atom is -0.441 e. The molecule has 0 atom stereocenters. The lowest BCUT2D eigenvalue weighted by Gasteiger charge is -2.04. The van der Waals surface area contributed by atoms with Crippen LogP contribution in [0.15, 0.2) is 40.9 Å². The van der Waals surface area contributed by atoms with Gasteiger partial charge < -0.3 is 10.2 Å². The Morgan fingerprint density at radius 1 is 1.29 bits per heavy atom. The highest BCUT2D eigenvalue weighted by molar-refractivity contribution is 6.28. The summed E-state index contributed by atoms with van der Waals surface area (Å²) in [5.74, 6) is 1.35. The predicted molar refractivity (Wildman–Crippen MR) is 65.8 cm³/mol. The first-order valence-corrected chi connectivity index (χ1v) is 5.58. The zero-order valence-corrected chi connectivity index (χ0v) is 9.69. The standard InChI is InChI=1S/C12H10ClN3O/c13-11-5-4-10(17-11)12-15-7-9-3-1-2-8(6-14)16(9)12/h1-5,7H,6,14H2. The monoisotopic (exact) mass is 247 g/mol. The van der Waals surface area contributed by atoms with Gasteiger partial charge in [0.15, 0.2) is 16.8 Å². The lowest BCUT2D eigenvalue weighted by molar-refractivity contribution is 0.578. The summed E-state index contributed by atoms with van der Waals surface area (Å²) in [4.78, 5) is 4.34. The molecular formula is C12H10ClN3O. The molecule has 0 spiro atoms. The third-order valence-corrected chi connectivity index (χ3v) is 2.84. The Bertz CT molecular complexity index is 671. The van der Waals surface area contributed by atoms with Crippen LogP contribution in [0.2, 0.25) is 5.22 Å². The number of imidazole rings is 1. The summed E-state index contributed by atoms with van der Waals surface area (Å²) in [6, 6.07) is 9.38. The first-order chi connectivity index (χ1) is 8.29. The van der Waals surface area contributed by atoms with Crippen LogP contribution in [0.1, 0.15) is 5.69 Å². The van der Waals surface area contributed by atoms with Gasteiger partial charge in [0.1, 0.15) is 0 Å². The van der Waals surface area contributed by atoms with Gasteiger partial charge in [-0.2, -0.15) is 0 Å². The zero-order chi connectivity index (χ0) is 11.8. The summed E-state index contributed by atoms with van der Waals surface area (Å²) >= 11 is 5.77. The van der Waals surface area contributed by atoms with Crippen LogP contribution in [0.4, 0.5) is 0 Å². The van der Waals surface area contributed by atoms with E-state index in [0.717, 1.165) is 11.2 Å². The van der Waals surface area contributed by atoms with Crippen LogP contribution in [-0.2, 0) is 6.54 Å². The molecule has 86 valence electrons. The fourth-order valence-electron chi connectivity index (χ4n) is 1.88. The molecule has 3 aromatic heterocycles. The molecule has 0 aliphatic rings. The molecule has 0 radical (unpaired) electrons. The average molecular weight is 248 g/mol. The highest BCUT2D eigenvalue weighted by atomic mass is 35.5. The topological polar surface area (TPSA) is 56.5 Å². The second-order valence-electron chi connectivity index (χ2n) is 3.67. The summed E-state index contributed by atoms with van der Waals surface area (Å²) < 4.78 is 7.34. The maximum atomic E-state index is 5.77. The quantitative estimate of drug-likeness (QED) is 0.758. The molecule has 2 N–H and O–H groups in total. The van der Waals surface area contributed by atoms with Gasteiger partial charge in [0.25, 0.3) is 0 Å². The molecule has 0 fully saturated rings. The Morgan fingerprint density at radius 2 is 2.18 bits per heavy atom. The van der Waals surface area contributed by atoms with Crippen LogP contribution >= 0.6 is 11.6 Å². The van der Waals surface area contributed by atoms with E-state index in [2.05, 4.69) is 4.98 Å². The maximum Gasteiger partial charge on any atom is 0.194 e. The third kappa shape index (κ3) is 1.62. The van der Waals surface area contributed by atoms with Crippen molar-refractivity contribution in [2.45, 2.75) is 6.54 Å². The maximum absolute atomic E-state index is 5.77. The Balaban J connectivity index is 2.30. The van der Waals surface area contributed by atoms with E-state index in [9.17, 15) is 0 Å². The van der Waals surface area contributed by atoms with E-state index in [1.165, 1.54) is 0 Å². The lowest BCUT2D eigenvalue weighted by atomic mass is 10.3. The first kappa shape index (κ1) is 10.4. The van der Waals surface area contributed by atoms with Gasteiger partial charge in [-0.3, -0.25) is 4.40 Å². The smallest absolute Gasteiger partial charge is 0.194 e. The van der Waals surface area contributed by atoms with Gasteiger partial charge in [-0.1, -0.05) is 6.07 Å². The Kier molecular flexibility index (Phi) is 2.39. The zero-order valence-electron chi connectivity index (χ0n) is 8.93. The van der Waals surface area contributed by atoms with Crippen LogP contribution in [0.25, 0.3) is 17.1 Å². The molecular weight excluding hydrogens is 238 g/mol. The highest BCUT2D eigenvalue weighted by Gasteiger charge is 2.12. The van der Waals surface area contributed by atoms with E-state index in [4.69, 9.17) is 21.8 Å². The van der Waals surface area contributed by atoms with Gasteiger partial charge in [-0.15, -0.1) is 0 Å². The summed E-state index contributed by atoms with van der Waals surface area (Å²) in [6.45, 7) is 0.440. The summed E-state index contributed by atoms with van der Waals surface area (Å²) in [5.41, 5.74) is 7.68. The van der Waals surface area contributed by atoms with Gasteiger partial charge >= 0.3 is 0 Å². The van der Waals surface area contributed by atoms with Crippen molar-refractivity contribution in [3.05, 3.63) is 47.4 Å². The molecule has 0 unspecified atom stereocenters. The van der Waals surface area contributed by atoms with Crippen molar-refractivity contribution >= 4 is 17.1 Å². The van der Waals surface area contributed by atoms with Crippen molar-refractivity contribution in [3.63, 3.8) is 0 Å². The number of fused-ring (bicyclic) bond motifs is 1. The minimum atomic E-state index is 0.349. The normalized spacial score (nSPS) is 11.2. The summed E-state index contributed by atoms with van der Waals surface area (Å²) in [5, 5.41) is 0.349. The Labute approximate surface area is 103 Å². The van der Waals surface area contributed by atoms with E-state index < -0.39 is 0 Å². The third-order valence-electron chi connectivity index (χ3n) is 2.63. The van der Waals surface area contributed by atoms with Crippen molar-refractivity contribution in [3.8, 4) is 11.6 Å². The van der Waals surface area contributed by atoms with Gasteiger partial charge in [-0.05, 0) is 35.9 Å². The molecule has 5 heteroatoms.